The molecule has 0 saturated carbocycles. The quantitative estimate of drug-likeness (QED) is 0.313. The minimum atomic E-state index is -0.901. The number of carbonyl (C=O) groups is 3. The maximum Gasteiger partial charge on any atom is 0.326 e. The normalized spacial score (nSPS) is 23.2. The van der Waals surface area contributed by atoms with Crippen LogP contribution in [0.3, 0.4) is 0 Å². The van der Waals surface area contributed by atoms with Gasteiger partial charge in [0.05, 0.1) is 0 Å². The topological polar surface area (TPSA) is 94.9 Å². The third-order valence-corrected chi connectivity index (χ3v) is 7.96. The molecule has 2 saturated heterocycles. The van der Waals surface area contributed by atoms with E-state index in [1.165, 1.54) is 23.5 Å². The van der Waals surface area contributed by atoms with Gasteiger partial charge in [0.2, 0.25) is 5.91 Å². The molecule has 2 heterocycles. The van der Waals surface area contributed by atoms with E-state index in [0.29, 0.717) is 25.1 Å². The smallest absolute Gasteiger partial charge is 0.326 e. The summed E-state index contributed by atoms with van der Waals surface area (Å²) in [5.74, 6) is -0.121. The Kier molecular flexibility index (Phi) is 11.5. The maximum atomic E-state index is 11.7. The predicted octanol–water partition coefficient (Wildman–Crippen LogP) is 3.41. The van der Waals surface area contributed by atoms with Crippen LogP contribution >= 0.6 is 34.2 Å². The lowest BCUT2D eigenvalue weighted by molar-refractivity contribution is -0.149. The molecular formula is C17H29NO5S3. The van der Waals surface area contributed by atoms with Crippen LogP contribution in [-0.4, -0.2) is 62.3 Å². The van der Waals surface area contributed by atoms with Gasteiger partial charge in [-0.1, -0.05) is 34.9 Å². The molecule has 9 heteroatoms. The first-order chi connectivity index (χ1) is 12.4. The Balaban J connectivity index is 0.000000263. The van der Waals surface area contributed by atoms with Gasteiger partial charge in [-0.15, -0.1) is 0 Å². The van der Waals surface area contributed by atoms with Crippen molar-refractivity contribution in [2.24, 2.45) is 5.92 Å². The SMILES string of the molecule is C[C@H](CS)C(=O)N1CCC[C@H]1C(=O)O.O=C(O)CCCC[C@@H]1CCSS1. The first kappa shape index (κ1) is 23.5. The van der Waals surface area contributed by atoms with Crippen molar-refractivity contribution in [1.82, 2.24) is 4.90 Å². The summed E-state index contributed by atoms with van der Waals surface area (Å²) in [6, 6.07) is -0.621. The molecule has 3 atom stereocenters. The van der Waals surface area contributed by atoms with Gasteiger partial charge in [0.15, 0.2) is 0 Å². The zero-order valence-corrected chi connectivity index (χ0v) is 17.7. The average molecular weight is 424 g/mol. The molecule has 0 bridgehead atoms. The molecule has 2 N–H and O–H groups in total. The van der Waals surface area contributed by atoms with Crippen LogP contribution in [0, 0.1) is 5.92 Å². The van der Waals surface area contributed by atoms with E-state index >= 15 is 0 Å². The van der Waals surface area contributed by atoms with Gasteiger partial charge in [-0.25, -0.2) is 4.79 Å². The van der Waals surface area contributed by atoms with Crippen LogP contribution in [-0.2, 0) is 14.4 Å². The minimum Gasteiger partial charge on any atom is -0.481 e. The van der Waals surface area contributed by atoms with Gasteiger partial charge >= 0.3 is 11.9 Å². The van der Waals surface area contributed by atoms with Crippen LogP contribution < -0.4 is 0 Å². The zero-order chi connectivity index (χ0) is 19.5. The van der Waals surface area contributed by atoms with Crippen molar-refractivity contribution >= 4 is 52.1 Å². The van der Waals surface area contributed by atoms with E-state index in [0.717, 1.165) is 24.5 Å². The zero-order valence-electron chi connectivity index (χ0n) is 15.1. The Morgan fingerprint density at radius 3 is 2.50 bits per heavy atom. The number of unbranched alkanes of at least 4 members (excludes halogenated alkanes) is 1. The summed E-state index contributed by atoms with van der Waals surface area (Å²) in [7, 11) is 3.92. The Hall–Kier alpha value is -0.540. The number of aliphatic carboxylic acids is 2. The van der Waals surface area contributed by atoms with Gasteiger partial charge in [0, 0.05) is 35.6 Å². The second-order valence-corrected chi connectivity index (χ2v) is 9.73. The summed E-state index contributed by atoms with van der Waals surface area (Å²) in [5, 5.41) is 18.1. The van der Waals surface area contributed by atoms with E-state index in [9.17, 15) is 14.4 Å². The molecule has 150 valence electrons. The van der Waals surface area contributed by atoms with Crippen LogP contribution in [0.4, 0.5) is 0 Å². The lowest BCUT2D eigenvalue weighted by Crippen LogP contribution is -2.43. The maximum absolute atomic E-state index is 11.7. The van der Waals surface area contributed by atoms with Crippen LogP contribution in [0.1, 0.15) is 51.9 Å². The third-order valence-electron chi connectivity index (χ3n) is 4.41. The fraction of sp³-hybridized carbons (Fsp3) is 0.824. The molecule has 0 spiro atoms. The first-order valence-corrected chi connectivity index (χ1v) is 12.0. The van der Waals surface area contributed by atoms with Crippen molar-refractivity contribution in [3.05, 3.63) is 0 Å². The molecule has 26 heavy (non-hydrogen) atoms. The van der Waals surface area contributed by atoms with E-state index in [1.54, 1.807) is 6.92 Å². The van der Waals surface area contributed by atoms with E-state index in [1.807, 2.05) is 21.6 Å². The van der Waals surface area contributed by atoms with Crippen molar-refractivity contribution < 1.29 is 24.6 Å². The predicted molar refractivity (Wildman–Crippen MR) is 110 cm³/mol. The number of amides is 1. The second kappa shape index (κ2) is 12.8. The van der Waals surface area contributed by atoms with Crippen LogP contribution in [0.5, 0.6) is 0 Å². The Labute approximate surface area is 168 Å². The molecule has 2 aliphatic rings. The van der Waals surface area contributed by atoms with Crippen molar-refractivity contribution in [2.75, 3.05) is 18.1 Å². The van der Waals surface area contributed by atoms with E-state index in [4.69, 9.17) is 10.2 Å². The molecule has 0 aromatic rings. The Bertz CT molecular complexity index is 471. The number of hydrogen-bond acceptors (Lipinski definition) is 6. The summed E-state index contributed by atoms with van der Waals surface area (Å²) in [5.41, 5.74) is 0. The number of carboxylic acids is 2. The van der Waals surface area contributed by atoms with Crippen LogP contribution in [0.25, 0.3) is 0 Å². The highest BCUT2D eigenvalue weighted by Gasteiger charge is 2.35. The molecule has 1 amide bonds. The second-order valence-electron chi connectivity index (χ2n) is 6.58. The van der Waals surface area contributed by atoms with Crippen molar-refractivity contribution in [1.29, 1.82) is 0 Å². The lowest BCUT2D eigenvalue weighted by Gasteiger charge is -2.24. The highest BCUT2D eigenvalue weighted by atomic mass is 33.1. The Morgan fingerprint density at radius 2 is 1.96 bits per heavy atom. The van der Waals surface area contributed by atoms with Gasteiger partial charge in [-0.3, -0.25) is 9.59 Å². The highest BCUT2D eigenvalue weighted by Crippen LogP contribution is 2.39. The summed E-state index contributed by atoms with van der Waals surface area (Å²) < 4.78 is 0. The number of likely N-dealkylation sites (tertiary alicyclic amines) is 1. The molecule has 6 nitrogen and oxygen atoms in total. The highest BCUT2D eigenvalue weighted by molar-refractivity contribution is 8.77. The molecule has 0 radical (unpaired) electrons. The van der Waals surface area contributed by atoms with Crippen LogP contribution in [0.15, 0.2) is 0 Å². The standard InChI is InChI=1S/C9H15NO3S.C8H14O2S2/c1-6(5-14)8(11)10-4-2-3-7(10)9(12)13;9-8(10)4-2-1-3-7-5-6-11-12-7/h6-7,14H,2-5H2,1H3,(H,12,13);7H,1-6H2,(H,9,10)/t6-,7+;7-/m11/s1. The fourth-order valence-electron chi connectivity index (χ4n) is 2.86. The van der Waals surface area contributed by atoms with Gasteiger partial charge in [-0.2, -0.15) is 12.6 Å². The average Bonchev–Trinajstić information content (AvgIpc) is 3.29. The van der Waals surface area contributed by atoms with Gasteiger partial charge < -0.3 is 15.1 Å². The van der Waals surface area contributed by atoms with E-state index in [2.05, 4.69) is 12.6 Å². The number of hydrogen-bond donors (Lipinski definition) is 3. The number of carboxylic acid groups (broad SMARTS) is 2. The molecular weight excluding hydrogens is 394 g/mol. The van der Waals surface area contributed by atoms with E-state index < -0.39 is 18.0 Å². The third kappa shape index (κ3) is 8.43. The molecule has 0 aromatic heterocycles. The number of rotatable bonds is 8. The van der Waals surface area contributed by atoms with Gasteiger partial charge in [0.25, 0.3) is 0 Å². The largest absolute Gasteiger partial charge is 0.481 e. The van der Waals surface area contributed by atoms with Crippen molar-refractivity contribution in [2.45, 2.75) is 63.2 Å². The summed E-state index contributed by atoms with van der Waals surface area (Å²) in [6.45, 7) is 2.33. The summed E-state index contributed by atoms with van der Waals surface area (Å²) >= 11 is 4.03. The van der Waals surface area contributed by atoms with Crippen LogP contribution in [0.2, 0.25) is 0 Å². The Morgan fingerprint density at radius 1 is 1.23 bits per heavy atom. The number of carbonyl (C=O) groups excluding carboxylic acids is 1. The van der Waals surface area contributed by atoms with Gasteiger partial charge in [-0.05, 0) is 32.1 Å². The molecule has 0 aromatic carbocycles. The summed E-state index contributed by atoms with van der Waals surface area (Å²) in [4.78, 5) is 34.2. The van der Waals surface area contributed by atoms with Crippen molar-refractivity contribution in [3.8, 4) is 0 Å². The first-order valence-electron chi connectivity index (χ1n) is 9.01. The summed E-state index contributed by atoms with van der Waals surface area (Å²) in [6.07, 6.45) is 6.11. The molecule has 2 rings (SSSR count). The van der Waals surface area contributed by atoms with Gasteiger partial charge in [0.1, 0.15) is 6.04 Å². The fourth-order valence-corrected chi connectivity index (χ4v) is 6.04. The van der Waals surface area contributed by atoms with Crippen molar-refractivity contribution in [3.63, 3.8) is 0 Å². The molecule has 0 aliphatic carbocycles. The number of thiol groups is 1. The molecule has 2 fully saturated rings. The lowest BCUT2D eigenvalue weighted by atomic mass is 10.1. The molecule has 2 aliphatic heterocycles. The minimum absolute atomic E-state index is 0.0927. The van der Waals surface area contributed by atoms with E-state index in [-0.39, 0.29) is 11.8 Å². The monoisotopic (exact) mass is 423 g/mol. The number of nitrogens with zero attached hydrogens (tertiary/aromatic N) is 1. The molecule has 0 unspecified atom stereocenters.